The number of fused-ring (bicyclic) bond motifs is 1. The number of carbonyl (C=O) groups excluding carboxylic acids is 2. The molecule has 3 aromatic carbocycles. The van der Waals surface area contributed by atoms with Gasteiger partial charge in [-0.2, -0.15) is 13.2 Å². The molecule has 198 valence electrons. The number of hydrogen-bond acceptors (Lipinski definition) is 4. The van der Waals surface area contributed by atoms with Gasteiger partial charge in [0.05, 0.1) is 18.4 Å². The number of carbonyl (C=O) groups is 3. The maximum Gasteiger partial charge on any atom is 0.416 e. The van der Waals surface area contributed by atoms with Crippen LogP contribution in [-0.2, 0) is 27.9 Å². The van der Waals surface area contributed by atoms with E-state index in [-0.39, 0.29) is 22.1 Å². The van der Waals surface area contributed by atoms with Crippen LogP contribution >= 0.6 is 11.6 Å². The summed E-state index contributed by atoms with van der Waals surface area (Å²) in [6.45, 7) is 0. The van der Waals surface area contributed by atoms with Gasteiger partial charge in [0.2, 0.25) is 5.67 Å². The summed E-state index contributed by atoms with van der Waals surface area (Å²) in [5, 5.41) is 11.8. The van der Waals surface area contributed by atoms with E-state index >= 15 is 4.39 Å². The highest BCUT2D eigenvalue weighted by Gasteiger charge is 2.57. The number of amides is 3. The molecule has 3 aromatic rings. The standard InChI is InChI=1S/C26H19ClF4N2O5/c1-38-21-10-8-16(27)13-18(21)25(28)17-9-7-15(26(29,30)31)12-20(17)33(23(25)36)24(37)32-19(22(34)35)11-14-5-3-2-4-6-14/h2-10,12-13,19H,11H2,1H3,(H,32,37)(H,34,35)/t19-,25-/m0/s1. The number of carboxylic acids is 1. The zero-order chi connectivity index (χ0) is 27.8. The molecular weight excluding hydrogens is 532 g/mol. The molecule has 0 aliphatic carbocycles. The predicted octanol–water partition coefficient (Wildman–Crippen LogP) is 5.33. The molecule has 0 bridgehead atoms. The van der Waals surface area contributed by atoms with Gasteiger partial charge < -0.3 is 15.2 Å². The molecule has 0 saturated heterocycles. The lowest BCUT2D eigenvalue weighted by atomic mass is 9.88. The minimum atomic E-state index is -4.88. The van der Waals surface area contributed by atoms with Crippen molar-refractivity contribution in [1.82, 2.24) is 5.32 Å². The molecule has 0 radical (unpaired) electrons. The van der Waals surface area contributed by atoms with Crippen LogP contribution < -0.4 is 15.0 Å². The summed E-state index contributed by atoms with van der Waals surface area (Å²) in [5.41, 5.74) is -5.60. The Morgan fingerprint density at radius 2 is 1.76 bits per heavy atom. The Balaban J connectivity index is 1.82. The third kappa shape index (κ3) is 4.76. The van der Waals surface area contributed by atoms with Crippen molar-refractivity contribution in [3.8, 4) is 5.75 Å². The normalized spacial score (nSPS) is 17.6. The molecule has 0 fully saturated rings. The van der Waals surface area contributed by atoms with Crippen LogP contribution in [0.4, 0.5) is 28.0 Å². The third-order valence-corrected chi connectivity index (χ3v) is 6.28. The molecule has 3 amide bonds. The highest BCUT2D eigenvalue weighted by molar-refractivity contribution is 6.31. The van der Waals surface area contributed by atoms with Crippen molar-refractivity contribution in [3.05, 3.63) is 94.0 Å². The molecule has 1 aliphatic heterocycles. The highest BCUT2D eigenvalue weighted by atomic mass is 35.5. The van der Waals surface area contributed by atoms with Crippen molar-refractivity contribution in [2.45, 2.75) is 24.3 Å². The second kappa shape index (κ2) is 9.97. The van der Waals surface area contributed by atoms with E-state index in [0.29, 0.717) is 17.7 Å². The lowest BCUT2D eigenvalue weighted by molar-refractivity contribution is -0.139. The van der Waals surface area contributed by atoms with Crippen LogP contribution in [0.3, 0.4) is 0 Å². The summed E-state index contributed by atoms with van der Waals surface area (Å²) in [4.78, 5) is 38.8. The quantitative estimate of drug-likeness (QED) is 0.404. The smallest absolute Gasteiger partial charge is 0.416 e. The van der Waals surface area contributed by atoms with Crippen molar-refractivity contribution in [1.29, 1.82) is 0 Å². The average Bonchev–Trinajstić information content (AvgIpc) is 3.10. The Morgan fingerprint density at radius 1 is 1.08 bits per heavy atom. The van der Waals surface area contributed by atoms with Gasteiger partial charge in [-0.05, 0) is 35.9 Å². The Bertz CT molecular complexity index is 1420. The van der Waals surface area contributed by atoms with E-state index in [2.05, 4.69) is 5.32 Å². The van der Waals surface area contributed by atoms with E-state index in [1.807, 2.05) is 0 Å². The number of nitrogens with zero attached hydrogens (tertiary/aromatic N) is 1. The Labute approximate surface area is 218 Å². The number of methoxy groups -OCH3 is 1. The summed E-state index contributed by atoms with van der Waals surface area (Å²) in [6, 6.07) is 10.7. The summed E-state index contributed by atoms with van der Waals surface area (Å²) in [6.07, 6.45) is -5.09. The van der Waals surface area contributed by atoms with Gasteiger partial charge in [-0.1, -0.05) is 48.0 Å². The monoisotopic (exact) mass is 550 g/mol. The fraction of sp³-hybridized carbons (Fsp3) is 0.192. The van der Waals surface area contributed by atoms with Crippen molar-refractivity contribution < 1.29 is 41.8 Å². The van der Waals surface area contributed by atoms with E-state index in [4.69, 9.17) is 16.3 Å². The Hall–Kier alpha value is -4.12. The number of alkyl halides is 4. The molecule has 7 nitrogen and oxygen atoms in total. The molecule has 38 heavy (non-hydrogen) atoms. The topological polar surface area (TPSA) is 95.9 Å². The van der Waals surface area contributed by atoms with Gasteiger partial charge in [0.15, 0.2) is 0 Å². The van der Waals surface area contributed by atoms with E-state index in [1.165, 1.54) is 19.2 Å². The fourth-order valence-electron chi connectivity index (χ4n) is 4.24. The van der Waals surface area contributed by atoms with Crippen LogP contribution in [0.2, 0.25) is 5.02 Å². The first-order valence-corrected chi connectivity index (χ1v) is 11.4. The second-order valence-electron chi connectivity index (χ2n) is 8.40. The largest absolute Gasteiger partial charge is 0.496 e. The van der Waals surface area contributed by atoms with Gasteiger partial charge in [0.1, 0.15) is 11.8 Å². The van der Waals surface area contributed by atoms with Gasteiger partial charge in [0.25, 0.3) is 5.91 Å². The number of anilines is 1. The molecule has 0 saturated carbocycles. The number of urea groups is 1. The first-order valence-electron chi connectivity index (χ1n) is 11.0. The fourth-order valence-corrected chi connectivity index (χ4v) is 4.41. The molecule has 12 heteroatoms. The minimum absolute atomic E-state index is 0.00390. The Morgan fingerprint density at radius 3 is 2.37 bits per heavy atom. The molecule has 0 unspecified atom stereocenters. The zero-order valence-electron chi connectivity index (χ0n) is 19.6. The first-order chi connectivity index (χ1) is 17.9. The number of ether oxygens (including phenoxy) is 1. The van der Waals surface area contributed by atoms with Crippen molar-refractivity contribution in [3.63, 3.8) is 0 Å². The highest BCUT2D eigenvalue weighted by Crippen LogP contribution is 2.51. The van der Waals surface area contributed by atoms with Gasteiger partial charge >= 0.3 is 18.2 Å². The van der Waals surface area contributed by atoms with E-state index in [9.17, 15) is 32.7 Å². The number of halogens is 5. The van der Waals surface area contributed by atoms with E-state index in [1.54, 1.807) is 30.3 Å². The molecule has 0 spiro atoms. The Kier molecular flexibility index (Phi) is 7.07. The van der Waals surface area contributed by atoms with E-state index < -0.39 is 58.2 Å². The number of hydrogen-bond donors (Lipinski definition) is 2. The third-order valence-electron chi connectivity index (χ3n) is 6.05. The van der Waals surface area contributed by atoms with Crippen LogP contribution in [0.25, 0.3) is 0 Å². The number of imide groups is 1. The van der Waals surface area contributed by atoms with Crippen molar-refractivity contribution in [2.75, 3.05) is 12.0 Å². The zero-order valence-corrected chi connectivity index (χ0v) is 20.3. The van der Waals surface area contributed by atoms with Gasteiger partial charge in [-0.25, -0.2) is 18.9 Å². The predicted molar refractivity (Wildman–Crippen MR) is 129 cm³/mol. The second-order valence-corrected chi connectivity index (χ2v) is 8.84. The molecular formula is C26H19ClF4N2O5. The molecule has 1 aliphatic rings. The van der Waals surface area contributed by atoms with Crippen LogP contribution in [0.15, 0.2) is 66.7 Å². The SMILES string of the molecule is COc1ccc(Cl)cc1[C@]1(F)C(=O)N(C(=O)N[C@@H](Cc2ccccc2)C(=O)O)c2cc(C(F)(F)F)ccc21. The number of rotatable bonds is 6. The van der Waals surface area contributed by atoms with Gasteiger partial charge in [-0.3, -0.25) is 4.79 Å². The molecule has 0 aromatic heterocycles. The van der Waals surface area contributed by atoms with Gasteiger partial charge in [0, 0.05) is 22.6 Å². The molecule has 1 heterocycles. The number of benzene rings is 3. The lowest BCUT2D eigenvalue weighted by Gasteiger charge is -2.24. The van der Waals surface area contributed by atoms with Gasteiger partial charge in [-0.15, -0.1) is 0 Å². The molecule has 4 rings (SSSR count). The summed E-state index contributed by atoms with van der Waals surface area (Å²) >= 11 is 6.01. The molecule has 2 N–H and O–H groups in total. The first kappa shape index (κ1) is 26.9. The number of nitrogens with one attached hydrogen (secondary N) is 1. The van der Waals surface area contributed by atoms with Crippen LogP contribution in [-0.4, -0.2) is 36.2 Å². The maximum atomic E-state index is 16.8. The van der Waals surface area contributed by atoms with Crippen LogP contribution in [0.5, 0.6) is 5.75 Å². The van der Waals surface area contributed by atoms with Crippen molar-refractivity contribution in [2.24, 2.45) is 0 Å². The summed E-state index contributed by atoms with van der Waals surface area (Å²) in [7, 11) is 1.19. The van der Waals surface area contributed by atoms with Crippen LogP contribution in [0.1, 0.15) is 22.3 Å². The lowest BCUT2D eigenvalue weighted by Crippen LogP contribution is -2.52. The molecule has 2 atom stereocenters. The number of aliphatic carboxylic acids is 1. The van der Waals surface area contributed by atoms with E-state index in [0.717, 1.165) is 12.1 Å². The minimum Gasteiger partial charge on any atom is -0.496 e. The van der Waals surface area contributed by atoms with Crippen LogP contribution in [0, 0.1) is 0 Å². The van der Waals surface area contributed by atoms with Crippen molar-refractivity contribution >= 4 is 35.2 Å². The average molecular weight is 551 g/mol. The maximum absolute atomic E-state index is 16.8. The summed E-state index contributed by atoms with van der Waals surface area (Å²) in [5.74, 6) is -3.18. The number of carboxylic acid groups (broad SMARTS) is 1. The summed E-state index contributed by atoms with van der Waals surface area (Å²) < 4.78 is 62.5.